The van der Waals surface area contributed by atoms with E-state index in [1.807, 2.05) is 0 Å². The first-order chi connectivity index (χ1) is 10.5. The van der Waals surface area contributed by atoms with Crippen molar-refractivity contribution in [2.45, 2.75) is 6.61 Å². The summed E-state index contributed by atoms with van der Waals surface area (Å²) in [6.45, 7) is -0.203. The van der Waals surface area contributed by atoms with Crippen LogP contribution in [0.5, 0.6) is 5.19 Å². The molecule has 0 aliphatic carbocycles. The van der Waals surface area contributed by atoms with E-state index in [9.17, 15) is 9.18 Å². The molecule has 11 heteroatoms. The van der Waals surface area contributed by atoms with Gasteiger partial charge in [-0.05, 0) is 10.4 Å². The Bertz CT molecular complexity index is 882. The molecular formula is C10H10FN7O2S. The zero-order valence-corrected chi connectivity index (χ0v) is 11.8. The largest absolute Gasteiger partial charge is 0.465 e. The highest BCUT2D eigenvalue weighted by Crippen LogP contribution is 2.20. The van der Waals surface area contributed by atoms with Crippen molar-refractivity contribution in [2.75, 3.05) is 0 Å². The van der Waals surface area contributed by atoms with E-state index in [2.05, 4.69) is 20.5 Å². The van der Waals surface area contributed by atoms with Crippen LogP contribution in [0.15, 0.2) is 16.3 Å². The van der Waals surface area contributed by atoms with Crippen LogP contribution >= 0.6 is 11.3 Å². The number of aromatic nitrogens is 7. The fourth-order valence-electron chi connectivity index (χ4n) is 1.74. The number of ether oxygens (including phenoxy) is 1. The van der Waals surface area contributed by atoms with Gasteiger partial charge in [-0.3, -0.25) is 0 Å². The van der Waals surface area contributed by atoms with E-state index in [1.165, 1.54) is 24.2 Å². The van der Waals surface area contributed by atoms with Crippen molar-refractivity contribution in [3.05, 3.63) is 33.5 Å². The van der Waals surface area contributed by atoms with E-state index in [0.29, 0.717) is 0 Å². The maximum absolute atomic E-state index is 14.0. The SMILES string of the molecule is [3H]c1csc(OCc2c(F)nn(C)c2-n2nnn(C)c2=O)n1. The number of rotatable bonds is 4. The lowest BCUT2D eigenvalue weighted by Crippen LogP contribution is -2.24. The van der Waals surface area contributed by atoms with Crippen LogP contribution in [0.4, 0.5) is 4.39 Å². The van der Waals surface area contributed by atoms with Crippen molar-refractivity contribution < 1.29 is 10.5 Å². The predicted molar refractivity (Wildman–Crippen MR) is 69.8 cm³/mol. The van der Waals surface area contributed by atoms with E-state index in [4.69, 9.17) is 6.11 Å². The molecule has 0 aliphatic heterocycles. The Labute approximate surface area is 122 Å². The van der Waals surface area contributed by atoms with E-state index >= 15 is 0 Å². The summed E-state index contributed by atoms with van der Waals surface area (Å²) in [5.41, 5.74) is -0.487. The minimum absolute atomic E-state index is 0.0480. The lowest BCUT2D eigenvalue weighted by atomic mass is 10.3. The Hall–Kier alpha value is -2.56. The second-order valence-electron chi connectivity index (χ2n) is 4.04. The van der Waals surface area contributed by atoms with Crippen LogP contribution in [0.3, 0.4) is 0 Å². The molecule has 0 saturated carbocycles. The molecular weight excluding hydrogens is 301 g/mol. The summed E-state index contributed by atoms with van der Waals surface area (Å²) in [6, 6.07) is 0. The molecule has 0 aliphatic rings. The summed E-state index contributed by atoms with van der Waals surface area (Å²) in [7, 11) is 2.91. The van der Waals surface area contributed by atoms with E-state index in [0.717, 1.165) is 20.7 Å². The standard InChI is InChI=1S/C10H10FN7O2S/c1-16-8(18-10(19)17(2)14-15-18)6(7(11)13-16)5-20-9-12-3-4-21-9/h3-4H,5H2,1-2H3/i3T. The zero-order valence-electron chi connectivity index (χ0n) is 12.0. The molecule has 110 valence electrons. The molecule has 0 aromatic carbocycles. The molecule has 3 rings (SSSR count). The van der Waals surface area contributed by atoms with Gasteiger partial charge in [-0.1, -0.05) is 11.3 Å². The summed E-state index contributed by atoms with van der Waals surface area (Å²) in [6.07, 6.45) is 0.0667. The lowest BCUT2D eigenvalue weighted by molar-refractivity contribution is 0.297. The molecule has 0 fully saturated rings. The highest BCUT2D eigenvalue weighted by Gasteiger charge is 2.22. The zero-order chi connectivity index (χ0) is 15.9. The van der Waals surface area contributed by atoms with Crippen molar-refractivity contribution >= 4 is 11.3 Å². The van der Waals surface area contributed by atoms with Gasteiger partial charge in [0.2, 0.25) is 5.95 Å². The fraction of sp³-hybridized carbons (Fsp3) is 0.300. The monoisotopic (exact) mass is 313 g/mol. The highest BCUT2D eigenvalue weighted by atomic mass is 32.1. The second-order valence-corrected chi connectivity index (χ2v) is 4.87. The molecule has 3 aromatic heterocycles. The Morgan fingerprint density at radius 3 is 2.86 bits per heavy atom. The molecule has 0 amide bonds. The van der Waals surface area contributed by atoms with E-state index in [1.54, 1.807) is 0 Å². The Balaban J connectivity index is 1.97. The quantitative estimate of drug-likeness (QED) is 0.666. The van der Waals surface area contributed by atoms with Gasteiger partial charge in [-0.2, -0.15) is 9.07 Å². The summed E-state index contributed by atoms with van der Waals surface area (Å²) >= 11 is 1.12. The number of hydrogen-bond donors (Lipinski definition) is 0. The van der Waals surface area contributed by atoms with Gasteiger partial charge < -0.3 is 4.74 Å². The van der Waals surface area contributed by atoms with Gasteiger partial charge in [0.05, 0.1) is 6.93 Å². The molecule has 0 unspecified atom stereocenters. The Morgan fingerprint density at radius 2 is 2.24 bits per heavy atom. The summed E-state index contributed by atoms with van der Waals surface area (Å²) in [4.78, 5) is 15.7. The molecule has 9 nitrogen and oxygen atoms in total. The minimum atomic E-state index is -0.780. The summed E-state index contributed by atoms with van der Waals surface area (Å²) in [5.74, 6) is -0.657. The van der Waals surface area contributed by atoms with Crippen LogP contribution in [-0.4, -0.2) is 34.6 Å². The van der Waals surface area contributed by atoms with E-state index < -0.39 is 11.6 Å². The number of halogens is 1. The molecule has 0 saturated heterocycles. The molecule has 0 atom stereocenters. The minimum Gasteiger partial charge on any atom is -0.465 e. The fourth-order valence-corrected chi connectivity index (χ4v) is 2.18. The van der Waals surface area contributed by atoms with E-state index in [-0.39, 0.29) is 29.4 Å². The van der Waals surface area contributed by atoms with Crippen LogP contribution in [-0.2, 0) is 20.7 Å². The highest BCUT2D eigenvalue weighted by molar-refractivity contribution is 7.11. The molecule has 21 heavy (non-hydrogen) atoms. The molecule has 0 spiro atoms. The number of nitrogens with zero attached hydrogens (tertiary/aromatic N) is 7. The average molecular weight is 313 g/mol. The van der Waals surface area contributed by atoms with Crippen LogP contribution < -0.4 is 10.4 Å². The van der Waals surface area contributed by atoms with Gasteiger partial charge in [0.1, 0.15) is 6.61 Å². The third-order valence-electron chi connectivity index (χ3n) is 2.69. The van der Waals surface area contributed by atoms with Crippen molar-refractivity contribution in [2.24, 2.45) is 14.1 Å². The number of aryl methyl sites for hydroxylation is 2. The van der Waals surface area contributed by atoms with Crippen LogP contribution in [0, 0.1) is 5.95 Å². The maximum Gasteiger partial charge on any atom is 0.369 e. The van der Waals surface area contributed by atoms with Crippen molar-refractivity contribution in [3.63, 3.8) is 0 Å². The normalized spacial score (nSPS) is 11.7. The van der Waals surface area contributed by atoms with Crippen LogP contribution in [0.1, 0.15) is 6.93 Å². The Morgan fingerprint density at radius 1 is 1.43 bits per heavy atom. The molecule has 3 heterocycles. The number of thiazole rings is 1. The summed E-state index contributed by atoms with van der Waals surface area (Å²) in [5, 5.41) is 12.6. The Kier molecular flexibility index (Phi) is 2.96. The van der Waals surface area contributed by atoms with Crippen LogP contribution in [0.2, 0.25) is 0 Å². The van der Waals surface area contributed by atoms with Crippen LogP contribution in [0.25, 0.3) is 5.82 Å². The van der Waals surface area contributed by atoms with Crippen molar-refractivity contribution in [1.82, 2.24) is 34.6 Å². The summed E-state index contributed by atoms with van der Waals surface area (Å²) < 4.78 is 29.8. The maximum atomic E-state index is 14.0. The van der Waals surface area contributed by atoms with Gasteiger partial charge in [-0.15, -0.1) is 9.78 Å². The first kappa shape index (κ1) is 12.2. The predicted octanol–water partition coefficient (Wildman–Crippen LogP) is -0.126. The first-order valence-electron chi connectivity index (χ1n) is 6.23. The first-order valence-corrected chi connectivity index (χ1v) is 6.61. The smallest absolute Gasteiger partial charge is 0.369 e. The molecule has 0 bridgehead atoms. The number of hydrogen-bond acceptors (Lipinski definition) is 7. The second kappa shape index (κ2) is 5.09. The lowest BCUT2D eigenvalue weighted by Gasteiger charge is -2.04. The van der Waals surface area contributed by atoms with Crippen molar-refractivity contribution in [3.8, 4) is 11.0 Å². The third kappa shape index (κ3) is 2.31. The molecule has 3 aromatic rings. The van der Waals surface area contributed by atoms with Gasteiger partial charge >= 0.3 is 5.69 Å². The topological polar surface area (TPSA) is 92.7 Å². The van der Waals surface area contributed by atoms with Gasteiger partial charge in [0.15, 0.2) is 5.82 Å². The van der Waals surface area contributed by atoms with Gasteiger partial charge in [-0.25, -0.2) is 14.5 Å². The van der Waals surface area contributed by atoms with Crippen molar-refractivity contribution in [1.29, 1.82) is 0 Å². The molecule has 0 N–H and O–H groups in total. The average Bonchev–Trinajstić information content (AvgIpc) is 3.09. The third-order valence-corrected chi connectivity index (χ3v) is 3.33. The molecule has 0 radical (unpaired) electrons. The van der Waals surface area contributed by atoms with Gasteiger partial charge in [0, 0.05) is 25.6 Å². The number of tetrazole rings is 1. The van der Waals surface area contributed by atoms with Gasteiger partial charge in [0.25, 0.3) is 5.19 Å².